The van der Waals surface area contributed by atoms with Crippen molar-refractivity contribution < 1.29 is 4.74 Å². The maximum absolute atomic E-state index is 12.4. The fourth-order valence-electron chi connectivity index (χ4n) is 3.21. The van der Waals surface area contributed by atoms with Crippen LogP contribution in [0.15, 0.2) is 88.7 Å². The van der Waals surface area contributed by atoms with Gasteiger partial charge in [-0.05, 0) is 40.8 Å². The van der Waals surface area contributed by atoms with E-state index >= 15 is 0 Å². The third-order valence-electron chi connectivity index (χ3n) is 4.54. The highest BCUT2D eigenvalue weighted by Crippen LogP contribution is 2.32. The van der Waals surface area contributed by atoms with Crippen molar-refractivity contribution in [3.63, 3.8) is 0 Å². The number of ether oxygens (including phenoxy) is 1. The standard InChI is InChI=1S/C23H19NO2S/c1-24-14-22(20-9-5-6-10-21(20)23(24)25)17-11-18(13-19(27)12-17)26-15-16-7-3-2-4-8-16/h2-14,27H,15H2,1H3. The molecule has 0 N–H and O–H groups in total. The van der Waals surface area contributed by atoms with Gasteiger partial charge in [0.25, 0.3) is 5.56 Å². The van der Waals surface area contributed by atoms with Gasteiger partial charge in [-0.2, -0.15) is 0 Å². The Hall–Kier alpha value is -2.98. The van der Waals surface area contributed by atoms with Crippen molar-refractivity contribution >= 4 is 23.4 Å². The van der Waals surface area contributed by atoms with Gasteiger partial charge in [0, 0.05) is 29.1 Å². The van der Waals surface area contributed by atoms with E-state index in [1.807, 2.05) is 79.0 Å². The molecule has 0 unspecified atom stereocenters. The van der Waals surface area contributed by atoms with Crippen molar-refractivity contribution in [3.8, 4) is 16.9 Å². The summed E-state index contributed by atoms with van der Waals surface area (Å²) in [7, 11) is 1.77. The molecule has 4 heteroatoms. The van der Waals surface area contributed by atoms with E-state index in [1.165, 1.54) is 0 Å². The second-order valence-corrected chi connectivity index (χ2v) is 7.01. The van der Waals surface area contributed by atoms with Crippen molar-refractivity contribution in [3.05, 3.63) is 94.9 Å². The molecule has 0 radical (unpaired) electrons. The Morgan fingerprint density at radius 3 is 2.41 bits per heavy atom. The average Bonchev–Trinajstić information content (AvgIpc) is 2.69. The molecule has 134 valence electrons. The van der Waals surface area contributed by atoms with E-state index in [0.29, 0.717) is 12.0 Å². The molecule has 4 rings (SSSR count). The maximum Gasteiger partial charge on any atom is 0.258 e. The van der Waals surface area contributed by atoms with Gasteiger partial charge in [-0.15, -0.1) is 12.6 Å². The molecule has 0 amide bonds. The van der Waals surface area contributed by atoms with Gasteiger partial charge in [-0.3, -0.25) is 4.79 Å². The second-order valence-electron chi connectivity index (χ2n) is 6.49. The normalized spacial score (nSPS) is 10.9. The Morgan fingerprint density at radius 1 is 0.926 bits per heavy atom. The minimum atomic E-state index is -0.00284. The quantitative estimate of drug-likeness (QED) is 0.506. The third kappa shape index (κ3) is 3.62. The summed E-state index contributed by atoms with van der Waals surface area (Å²) in [6.07, 6.45) is 1.87. The number of fused-ring (bicyclic) bond motifs is 1. The lowest BCUT2D eigenvalue weighted by Crippen LogP contribution is -2.16. The predicted molar refractivity (Wildman–Crippen MR) is 113 cm³/mol. The summed E-state index contributed by atoms with van der Waals surface area (Å²) in [4.78, 5) is 13.2. The zero-order chi connectivity index (χ0) is 18.8. The summed E-state index contributed by atoms with van der Waals surface area (Å²) >= 11 is 4.55. The Morgan fingerprint density at radius 2 is 1.63 bits per heavy atom. The molecule has 0 atom stereocenters. The van der Waals surface area contributed by atoms with Crippen LogP contribution >= 0.6 is 12.6 Å². The van der Waals surface area contributed by atoms with E-state index < -0.39 is 0 Å². The van der Waals surface area contributed by atoms with Gasteiger partial charge in [-0.25, -0.2) is 0 Å². The number of aryl methyl sites for hydroxylation is 1. The first-order valence-corrected chi connectivity index (χ1v) is 9.16. The molecule has 0 saturated carbocycles. The molecule has 4 aromatic rings. The summed E-state index contributed by atoms with van der Waals surface area (Å²) in [6.45, 7) is 0.492. The predicted octanol–water partition coefficient (Wildman–Crippen LogP) is 5.07. The van der Waals surface area contributed by atoms with E-state index in [0.717, 1.165) is 32.7 Å². The molecule has 0 saturated heterocycles. The monoisotopic (exact) mass is 373 g/mol. The lowest BCUT2D eigenvalue weighted by molar-refractivity contribution is 0.305. The van der Waals surface area contributed by atoms with Gasteiger partial charge in [-0.1, -0.05) is 48.5 Å². The number of nitrogens with zero attached hydrogens (tertiary/aromatic N) is 1. The van der Waals surface area contributed by atoms with Gasteiger partial charge >= 0.3 is 0 Å². The van der Waals surface area contributed by atoms with Gasteiger partial charge < -0.3 is 9.30 Å². The van der Waals surface area contributed by atoms with E-state index in [4.69, 9.17) is 4.74 Å². The van der Waals surface area contributed by atoms with Crippen molar-refractivity contribution in [1.29, 1.82) is 0 Å². The van der Waals surface area contributed by atoms with E-state index in [-0.39, 0.29) is 5.56 Å². The third-order valence-corrected chi connectivity index (χ3v) is 4.80. The minimum Gasteiger partial charge on any atom is -0.489 e. The summed E-state index contributed by atoms with van der Waals surface area (Å²) in [5.41, 5.74) is 3.05. The summed E-state index contributed by atoms with van der Waals surface area (Å²) in [6, 6.07) is 23.6. The molecule has 3 nitrogen and oxygen atoms in total. The average molecular weight is 373 g/mol. The van der Waals surface area contributed by atoms with Crippen molar-refractivity contribution in [2.24, 2.45) is 7.05 Å². The van der Waals surface area contributed by atoms with Crippen LogP contribution in [-0.2, 0) is 13.7 Å². The minimum absolute atomic E-state index is 0.00284. The molecule has 1 heterocycles. The lowest BCUT2D eigenvalue weighted by atomic mass is 10.0. The Labute approximate surface area is 163 Å². The van der Waals surface area contributed by atoms with E-state index in [9.17, 15) is 4.79 Å². The largest absolute Gasteiger partial charge is 0.489 e. The topological polar surface area (TPSA) is 31.2 Å². The number of thiol groups is 1. The number of benzene rings is 3. The SMILES string of the molecule is Cn1cc(-c2cc(S)cc(OCc3ccccc3)c2)c2ccccc2c1=O. The highest BCUT2D eigenvalue weighted by molar-refractivity contribution is 7.80. The molecule has 0 aliphatic rings. The van der Waals surface area contributed by atoms with Crippen LogP contribution in [0.4, 0.5) is 0 Å². The Kier molecular flexibility index (Phi) is 4.73. The molecule has 0 bridgehead atoms. The molecule has 1 aromatic heterocycles. The highest BCUT2D eigenvalue weighted by Gasteiger charge is 2.10. The second kappa shape index (κ2) is 7.33. The maximum atomic E-state index is 12.4. The molecule has 0 aliphatic carbocycles. The van der Waals surface area contributed by atoms with Crippen molar-refractivity contribution in [2.75, 3.05) is 0 Å². The number of aromatic nitrogens is 1. The van der Waals surface area contributed by atoms with E-state index in [2.05, 4.69) is 12.6 Å². The van der Waals surface area contributed by atoms with Crippen molar-refractivity contribution in [1.82, 2.24) is 4.57 Å². The van der Waals surface area contributed by atoms with Crippen LogP contribution in [0.2, 0.25) is 0 Å². The van der Waals surface area contributed by atoms with Gasteiger partial charge in [0.1, 0.15) is 12.4 Å². The molecule has 0 aliphatic heterocycles. The first-order chi connectivity index (χ1) is 13.1. The van der Waals surface area contributed by atoms with Gasteiger partial charge in [0.2, 0.25) is 0 Å². The Balaban J connectivity index is 1.77. The number of hydrogen-bond donors (Lipinski definition) is 1. The first-order valence-electron chi connectivity index (χ1n) is 8.71. The van der Waals surface area contributed by atoms with Crippen LogP contribution in [0.3, 0.4) is 0 Å². The molecule has 27 heavy (non-hydrogen) atoms. The fourth-order valence-corrected chi connectivity index (χ4v) is 3.48. The smallest absolute Gasteiger partial charge is 0.258 e. The van der Waals surface area contributed by atoms with Crippen LogP contribution in [0.25, 0.3) is 21.9 Å². The van der Waals surface area contributed by atoms with Gasteiger partial charge in [0.05, 0.1) is 0 Å². The van der Waals surface area contributed by atoms with Crippen molar-refractivity contribution in [2.45, 2.75) is 11.5 Å². The number of hydrogen-bond acceptors (Lipinski definition) is 3. The fraction of sp³-hybridized carbons (Fsp3) is 0.0870. The zero-order valence-electron chi connectivity index (χ0n) is 14.9. The van der Waals surface area contributed by atoms with E-state index in [1.54, 1.807) is 11.6 Å². The molecule has 0 spiro atoms. The number of rotatable bonds is 4. The number of pyridine rings is 1. The zero-order valence-corrected chi connectivity index (χ0v) is 15.8. The summed E-state index contributed by atoms with van der Waals surface area (Å²) in [5, 5.41) is 1.63. The van der Waals surface area contributed by atoms with Crippen LogP contribution in [-0.4, -0.2) is 4.57 Å². The molecule has 0 fully saturated rings. The van der Waals surface area contributed by atoms with Crippen LogP contribution in [0.1, 0.15) is 5.56 Å². The first kappa shape index (κ1) is 17.4. The highest BCUT2D eigenvalue weighted by atomic mass is 32.1. The molecular weight excluding hydrogens is 354 g/mol. The van der Waals surface area contributed by atoms with Crippen LogP contribution < -0.4 is 10.3 Å². The summed E-state index contributed by atoms with van der Waals surface area (Å²) < 4.78 is 7.60. The van der Waals surface area contributed by atoms with Crippen LogP contribution in [0, 0.1) is 0 Å². The molecule has 3 aromatic carbocycles. The summed E-state index contributed by atoms with van der Waals surface area (Å²) in [5.74, 6) is 0.749. The Bertz CT molecular complexity index is 1170. The van der Waals surface area contributed by atoms with Gasteiger partial charge in [0.15, 0.2) is 0 Å². The lowest BCUT2D eigenvalue weighted by Gasteiger charge is -2.13. The molecular formula is C23H19NO2S. The van der Waals surface area contributed by atoms with Crippen LogP contribution in [0.5, 0.6) is 5.75 Å².